The van der Waals surface area contributed by atoms with E-state index in [0.29, 0.717) is 23.5 Å². The summed E-state index contributed by atoms with van der Waals surface area (Å²) >= 11 is 0. The van der Waals surface area contributed by atoms with Crippen LogP contribution in [0.15, 0.2) is 42.5 Å². The molecule has 0 spiro atoms. The minimum absolute atomic E-state index is 0.0187. The summed E-state index contributed by atoms with van der Waals surface area (Å²) < 4.78 is 6.32. The van der Waals surface area contributed by atoms with Crippen LogP contribution in [0.1, 0.15) is 49.3 Å². The summed E-state index contributed by atoms with van der Waals surface area (Å²) in [5.41, 5.74) is 2.27. The number of ether oxygens (including phenoxy) is 1. The van der Waals surface area contributed by atoms with Gasteiger partial charge in [-0.1, -0.05) is 25.5 Å². The van der Waals surface area contributed by atoms with E-state index in [2.05, 4.69) is 6.92 Å². The molecular weight excluding hydrogens is 288 g/mol. The van der Waals surface area contributed by atoms with Crippen LogP contribution in [0.3, 0.4) is 0 Å². The van der Waals surface area contributed by atoms with Gasteiger partial charge in [0.15, 0.2) is 0 Å². The summed E-state index contributed by atoms with van der Waals surface area (Å²) in [6, 6.07) is 12.8. The van der Waals surface area contributed by atoms with E-state index in [1.165, 1.54) is 6.42 Å². The minimum Gasteiger partial charge on any atom is -0.508 e. The Morgan fingerprint density at radius 3 is 2.48 bits per heavy atom. The van der Waals surface area contributed by atoms with Crippen LogP contribution in [0.2, 0.25) is 0 Å². The molecule has 23 heavy (non-hydrogen) atoms. The average Bonchev–Trinajstić information content (AvgIpc) is 2.55. The van der Waals surface area contributed by atoms with Gasteiger partial charge < -0.3 is 14.9 Å². The third-order valence-corrected chi connectivity index (χ3v) is 5.42. The first kappa shape index (κ1) is 14.4. The van der Waals surface area contributed by atoms with E-state index < -0.39 is 0 Å². The predicted octanol–water partition coefficient (Wildman–Crippen LogP) is 4.75. The number of rotatable bonds is 1. The average molecular weight is 310 g/mol. The summed E-state index contributed by atoms with van der Waals surface area (Å²) in [6.07, 6.45) is 3.50. The molecule has 1 fully saturated rings. The van der Waals surface area contributed by atoms with Crippen LogP contribution < -0.4 is 4.74 Å². The number of benzene rings is 2. The second kappa shape index (κ2) is 5.48. The van der Waals surface area contributed by atoms with Crippen LogP contribution in [0, 0.1) is 11.8 Å². The van der Waals surface area contributed by atoms with E-state index in [4.69, 9.17) is 4.74 Å². The zero-order valence-corrected chi connectivity index (χ0v) is 13.3. The van der Waals surface area contributed by atoms with Gasteiger partial charge in [0.25, 0.3) is 0 Å². The van der Waals surface area contributed by atoms with Crippen molar-refractivity contribution in [2.75, 3.05) is 0 Å². The van der Waals surface area contributed by atoms with Crippen molar-refractivity contribution in [3.05, 3.63) is 53.6 Å². The van der Waals surface area contributed by atoms with E-state index in [0.717, 1.165) is 29.7 Å². The standard InChI is InChI=1S/C20H22O3/c1-12-2-8-16-17(10-12)18-11-15(22)7-9-19(18)23-20(16)13-3-5-14(21)6-4-13/h3-7,9,11-12,16-17,20-22H,2,8,10H2,1H3/t12-,16?,17-,20+/m0/s1. The van der Waals surface area contributed by atoms with Gasteiger partial charge in [-0.15, -0.1) is 0 Å². The van der Waals surface area contributed by atoms with Gasteiger partial charge in [0.1, 0.15) is 23.4 Å². The zero-order valence-electron chi connectivity index (χ0n) is 13.3. The van der Waals surface area contributed by atoms with Crippen molar-refractivity contribution in [3.8, 4) is 17.2 Å². The highest BCUT2D eigenvalue weighted by atomic mass is 16.5. The van der Waals surface area contributed by atoms with E-state index in [-0.39, 0.29) is 11.9 Å². The largest absolute Gasteiger partial charge is 0.508 e. The Morgan fingerprint density at radius 2 is 1.70 bits per heavy atom. The second-order valence-electron chi connectivity index (χ2n) is 7.04. The number of fused-ring (bicyclic) bond motifs is 3. The SMILES string of the molecule is C[C@H]1CCC2[C@H](C1)c1cc(O)ccc1O[C@@H]2c1ccc(O)cc1. The van der Waals surface area contributed by atoms with E-state index in [1.807, 2.05) is 24.3 Å². The third kappa shape index (κ3) is 2.54. The summed E-state index contributed by atoms with van der Waals surface area (Å²) in [5, 5.41) is 19.4. The number of phenolic OH excluding ortho intramolecular Hbond substituents is 2. The van der Waals surface area contributed by atoms with Crippen molar-refractivity contribution in [2.45, 2.75) is 38.2 Å². The van der Waals surface area contributed by atoms with E-state index >= 15 is 0 Å². The summed E-state index contributed by atoms with van der Waals surface area (Å²) in [4.78, 5) is 0. The predicted molar refractivity (Wildman–Crippen MR) is 88.8 cm³/mol. The molecule has 1 saturated carbocycles. The lowest BCUT2D eigenvalue weighted by atomic mass is 9.67. The van der Waals surface area contributed by atoms with Crippen LogP contribution in [0.5, 0.6) is 17.2 Å². The molecular formula is C20H22O3. The Labute approximate surface area is 136 Å². The van der Waals surface area contributed by atoms with Gasteiger partial charge in [-0.2, -0.15) is 0 Å². The number of hydrogen-bond acceptors (Lipinski definition) is 3. The molecule has 2 aromatic carbocycles. The lowest BCUT2D eigenvalue weighted by Crippen LogP contribution is -2.34. The first-order valence-electron chi connectivity index (χ1n) is 8.40. The summed E-state index contributed by atoms with van der Waals surface area (Å²) in [6.45, 7) is 2.31. The molecule has 4 atom stereocenters. The molecule has 3 heteroatoms. The molecule has 3 nitrogen and oxygen atoms in total. The molecule has 120 valence electrons. The number of aromatic hydroxyl groups is 2. The molecule has 0 amide bonds. The first-order valence-corrected chi connectivity index (χ1v) is 8.40. The Morgan fingerprint density at radius 1 is 0.957 bits per heavy atom. The summed E-state index contributed by atoms with van der Waals surface area (Å²) in [5.74, 6) is 3.02. The van der Waals surface area contributed by atoms with Gasteiger partial charge in [0, 0.05) is 11.5 Å². The molecule has 1 unspecified atom stereocenters. The normalized spacial score (nSPS) is 29.3. The van der Waals surface area contributed by atoms with Gasteiger partial charge in [-0.05, 0) is 60.6 Å². The Kier molecular flexibility index (Phi) is 3.44. The molecule has 0 aromatic heterocycles. The van der Waals surface area contributed by atoms with Crippen molar-refractivity contribution in [3.63, 3.8) is 0 Å². The topological polar surface area (TPSA) is 49.7 Å². The Balaban J connectivity index is 1.77. The molecule has 4 rings (SSSR count). The second-order valence-corrected chi connectivity index (χ2v) is 7.04. The van der Waals surface area contributed by atoms with Crippen LogP contribution in [-0.2, 0) is 0 Å². The highest BCUT2D eigenvalue weighted by Gasteiger charge is 2.42. The first-order chi connectivity index (χ1) is 11.1. The maximum absolute atomic E-state index is 9.87. The fraction of sp³-hybridized carbons (Fsp3) is 0.400. The van der Waals surface area contributed by atoms with E-state index in [1.54, 1.807) is 18.2 Å². The lowest BCUT2D eigenvalue weighted by Gasteiger charge is -2.44. The smallest absolute Gasteiger partial charge is 0.127 e. The van der Waals surface area contributed by atoms with Gasteiger partial charge in [-0.3, -0.25) is 0 Å². The maximum atomic E-state index is 9.87. The quantitative estimate of drug-likeness (QED) is 0.799. The molecule has 1 aliphatic carbocycles. The fourth-order valence-electron chi connectivity index (χ4n) is 4.26. The van der Waals surface area contributed by atoms with Crippen molar-refractivity contribution >= 4 is 0 Å². The highest BCUT2D eigenvalue weighted by Crippen LogP contribution is 2.54. The van der Waals surface area contributed by atoms with Crippen LogP contribution in [-0.4, -0.2) is 10.2 Å². The van der Waals surface area contributed by atoms with Gasteiger partial charge >= 0.3 is 0 Å². The van der Waals surface area contributed by atoms with Crippen molar-refractivity contribution < 1.29 is 14.9 Å². The van der Waals surface area contributed by atoms with Crippen LogP contribution in [0.4, 0.5) is 0 Å². The van der Waals surface area contributed by atoms with E-state index in [9.17, 15) is 10.2 Å². The Hall–Kier alpha value is -2.16. The van der Waals surface area contributed by atoms with Crippen LogP contribution >= 0.6 is 0 Å². The van der Waals surface area contributed by atoms with Gasteiger partial charge in [0.05, 0.1) is 0 Å². The molecule has 0 bridgehead atoms. The Bertz CT molecular complexity index is 707. The number of phenols is 2. The van der Waals surface area contributed by atoms with Crippen LogP contribution in [0.25, 0.3) is 0 Å². The monoisotopic (exact) mass is 310 g/mol. The third-order valence-electron chi connectivity index (χ3n) is 5.42. The fourth-order valence-corrected chi connectivity index (χ4v) is 4.26. The summed E-state index contributed by atoms with van der Waals surface area (Å²) in [7, 11) is 0. The molecule has 1 aliphatic heterocycles. The zero-order chi connectivity index (χ0) is 16.0. The van der Waals surface area contributed by atoms with Gasteiger partial charge in [-0.25, -0.2) is 0 Å². The highest BCUT2D eigenvalue weighted by molar-refractivity contribution is 5.45. The van der Waals surface area contributed by atoms with Gasteiger partial charge in [0.2, 0.25) is 0 Å². The molecule has 0 radical (unpaired) electrons. The van der Waals surface area contributed by atoms with Crippen molar-refractivity contribution in [1.29, 1.82) is 0 Å². The molecule has 2 aromatic rings. The minimum atomic E-state index is 0.0187. The van der Waals surface area contributed by atoms with Crippen molar-refractivity contribution in [2.24, 2.45) is 11.8 Å². The molecule has 2 N–H and O–H groups in total. The number of hydrogen-bond donors (Lipinski definition) is 2. The molecule has 2 aliphatic rings. The van der Waals surface area contributed by atoms with Crippen molar-refractivity contribution in [1.82, 2.24) is 0 Å². The maximum Gasteiger partial charge on any atom is 0.127 e. The molecule has 0 saturated heterocycles. The molecule has 1 heterocycles. The lowest BCUT2D eigenvalue weighted by molar-refractivity contribution is 0.0561.